The van der Waals surface area contributed by atoms with Gasteiger partial charge in [-0.1, -0.05) is 0 Å². The van der Waals surface area contributed by atoms with E-state index in [4.69, 9.17) is 19.2 Å². The van der Waals surface area contributed by atoms with E-state index in [0.29, 0.717) is 12.6 Å². The SMILES string of the molecule is COc1cc2c3c(c(N[C@H]4CCOC4)nc2cc1OCCCN1CCCC1)CCC3. The second-order valence-corrected chi connectivity index (χ2v) is 8.75. The lowest BCUT2D eigenvalue weighted by molar-refractivity contribution is 0.195. The lowest BCUT2D eigenvalue weighted by Gasteiger charge is -2.19. The third-order valence-corrected chi connectivity index (χ3v) is 6.69. The first-order valence-corrected chi connectivity index (χ1v) is 11.5. The first-order chi connectivity index (χ1) is 14.8. The number of aromatic nitrogens is 1. The van der Waals surface area contributed by atoms with E-state index in [1.807, 2.05) is 0 Å². The van der Waals surface area contributed by atoms with E-state index in [0.717, 1.165) is 68.3 Å². The molecule has 5 rings (SSSR count). The van der Waals surface area contributed by atoms with Crippen LogP contribution in [0.4, 0.5) is 5.82 Å². The quantitative estimate of drug-likeness (QED) is 0.667. The molecule has 2 aliphatic heterocycles. The van der Waals surface area contributed by atoms with Crippen molar-refractivity contribution < 1.29 is 14.2 Å². The van der Waals surface area contributed by atoms with Crippen LogP contribution in [0.3, 0.4) is 0 Å². The zero-order valence-electron chi connectivity index (χ0n) is 18.0. The third kappa shape index (κ3) is 4.08. The zero-order valence-corrected chi connectivity index (χ0v) is 18.0. The Labute approximate surface area is 178 Å². The molecule has 0 radical (unpaired) electrons. The highest BCUT2D eigenvalue weighted by Gasteiger charge is 2.24. The molecule has 6 heteroatoms. The van der Waals surface area contributed by atoms with Crippen LogP contribution in [0, 0.1) is 0 Å². The Kier molecular flexibility index (Phi) is 5.95. The van der Waals surface area contributed by atoms with Gasteiger partial charge < -0.3 is 24.4 Å². The standard InChI is InChI=1S/C24H33N3O3/c1-28-22-14-20-18-6-4-7-19(18)24(25-17-8-13-29-16-17)26-21(20)15-23(22)30-12-5-11-27-9-2-3-10-27/h14-15,17H,2-13,16H2,1H3,(H,25,26)/t17-/m0/s1. The first kappa shape index (κ1) is 19.9. The van der Waals surface area contributed by atoms with Crippen LogP contribution in [0.5, 0.6) is 11.5 Å². The molecule has 0 saturated carbocycles. The molecule has 2 saturated heterocycles. The molecular weight excluding hydrogens is 378 g/mol. The second kappa shape index (κ2) is 8.98. The molecule has 2 fully saturated rings. The molecule has 0 amide bonds. The lowest BCUT2D eigenvalue weighted by atomic mass is 10.0. The summed E-state index contributed by atoms with van der Waals surface area (Å²) in [7, 11) is 1.72. The second-order valence-electron chi connectivity index (χ2n) is 8.75. The summed E-state index contributed by atoms with van der Waals surface area (Å²) >= 11 is 0. The maximum Gasteiger partial charge on any atom is 0.163 e. The van der Waals surface area contributed by atoms with Crippen molar-refractivity contribution in [3.8, 4) is 11.5 Å². The van der Waals surface area contributed by atoms with Crippen molar-refractivity contribution in [2.45, 2.75) is 51.0 Å². The smallest absolute Gasteiger partial charge is 0.163 e. The molecule has 0 bridgehead atoms. The van der Waals surface area contributed by atoms with Gasteiger partial charge in [-0.2, -0.15) is 0 Å². The summed E-state index contributed by atoms with van der Waals surface area (Å²) in [5.74, 6) is 2.65. The van der Waals surface area contributed by atoms with E-state index in [1.54, 1.807) is 7.11 Å². The Hall–Kier alpha value is -2.05. The molecule has 1 N–H and O–H groups in total. The number of nitrogens with one attached hydrogen (secondary N) is 1. The number of hydrogen-bond donors (Lipinski definition) is 1. The highest BCUT2D eigenvalue weighted by molar-refractivity contribution is 5.89. The van der Waals surface area contributed by atoms with Crippen LogP contribution in [0.1, 0.15) is 43.2 Å². The van der Waals surface area contributed by atoms with Crippen LogP contribution >= 0.6 is 0 Å². The molecule has 2 aromatic rings. The van der Waals surface area contributed by atoms with Crippen molar-refractivity contribution in [1.29, 1.82) is 0 Å². The first-order valence-electron chi connectivity index (χ1n) is 11.5. The third-order valence-electron chi connectivity index (χ3n) is 6.69. The number of hydrogen-bond acceptors (Lipinski definition) is 6. The molecule has 1 aromatic carbocycles. The van der Waals surface area contributed by atoms with E-state index in [2.05, 4.69) is 22.3 Å². The number of likely N-dealkylation sites (tertiary alicyclic amines) is 1. The number of fused-ring (bicyclic) bond motifs is 3. The number of benzene rings is 1. The summed E-state index contributed by atoms with van der Waals surface area (Å²) in [4.78, 5) is 7.55. The monoisotopic (exact) mass is 411 g/mol. The summed E-state index contributed by atoms with van der Waals surface area (Å²) in [6.45, 7) is 5.88. The maximum atomic E-state index is 6.16. The van der Waals surface area contributed by atoms with Crippen LogP contribution in [0.2, 0.25) is 0 Å². The fourth-order valence-electron chi connectivity index (χ4n) is 5.08. The minimum Gasteiger partial charge on any atom is -0.493 e. The molecular formula is C24H33N3O3. The van der Waals surface area contributed by atoms with Gasteiger partial charge in [0.1, 0.15) is 5.82 Å². The van der Waals surface area contributed by atoms with E-state index < -0.39 is 0 Å². The molecule has 0 spiro atoms. The highest BCUT2D eigenvalue weighted by Crippen LogP contribution is 2.39. The largest absolute Gasteiger partial charge is 0.493 e. The Morgan fingerprint density at radius 2 is 2.00 bits per heavy atom. The van der Waals surface area contributed by atoms with Crippen LogP contribution in [-0.2, 0) is 17.6 Å². The predicted octanol–water partition coefficient (Wildman–Crippen LogP) is 3.80. The molecule has 3 heterocycles. The Morgan fingerprint density at radius 3 is 2.80 bits per heavy atom. The summed E-state index contributed by atoms with van der Waals surface area (Å²) in [5.41, 5.74) is 3.78. The van der Waals surface area contributed by atoms with Crippen molar-refractivity contribution in [3.05, 3.63) is 23.3 Å². The van der Waals surface area contributed by atoms with E-state index in [9.17, 15) is 0 Å². The van der Waals surface area contributed by atoms with Crippen LogP contribution in [0.15, 0.2) is 12.1 Å². The minimum atomic E-state index is 0.360. The van der Waals surface area contributed by atoms with Gasteiger partial charge in [-0.3, -0.25) is 0 Å². The topological polar surface area (TPSA) is 55.9 Å². The van der Waals surface area contributed by atoms with Gasteiger partial charge in [0.05, 0.1) is 31.9 Å². The average molecular weight is 412 g/mol. The summed E-state index contributed by atoms with van der Waals surface area (Å²) in [5, 5.41) is 4.86. The van der Waals surface area contributed by atoms with Gasteiger partial charge in [0.2, 0.25) is 0 Å². The molecule has 162 valence electrons. The van der Waals surface area contributed by atoms with Crippen molar-refractivity contribution in [1.82, 2.24) is 9.88 Å². The van der Waals surface area contributed by atoms with Gasteiger partial charge in [-0.25, -0.2) is 4.98 Å². The maximum absolute atomic E-state index is 6.16. The molecule has 1 atom stereocenters. The number of pyridine rings is 1. The molecule has 30 heavy (non-hydrogen) atoms. The van der Waals surface area contributed by atoms with Gasteiger partial charge >= 0.3 is 0 Å². The lowest BCUT2D eigenvalue weighted by Crippen LogP contribution is -2.22. The Bertz CT molecular complexity index is 889. The van der Waals surface area contributed by atoms with Gasteiger partial charge in [0.25, 0.3) is 0 Å². The number of aryl methyl sites for hydroxylation is 1. The van der Waals surface area contributed by atoms with Crippen LogP contribution in [-0.4, -0.2) is 62.5 Å². The normalized spacial score (nSPS) is 21.3. The number of rotatable bonds is 8. The van der Waals surface area contributed by atoms with Crippen LogP contribution in [0.25, 0.3) is 10.9 Å². The van der Waals surface area contributed by atoms with Crippen molar-refractivity contribution >= 4 is 16.7 Å². The van der Waals surface area contributed by atoms with Crippen molar-refractivity contribution in [2.24, 2.45) is 0 Å². The number of nitrogens with zero attached hydrogens (tertiary/aromatic N) is 2. The minimum absolute atomic E-state index is 0.360. The molecule has 3 aliphatic rings. The molecule has 1 aromatic heterocycles. The Morgan fingerprint density at radius 1 is 1.13 bits per heavy atom. The van der Waals surface area contributed by atoms with Gasteiger partial charge in [-0.15, -0.1) is 0 Å². The number of ether oxygens (including phenoxy) is 3. The number of methoxy groups -OCH3 is 1. The highest BCUT2D eigenvalue weighted by atomic mass is 16.5. The van der Waals surface area contributed by atoms with Crippen molar-refractivity contribution in [3.63, 3.8) is 0 Å². The zero-order chi connectivity index (χ0) is 20.3. The van der Waals surface area contributed by atoms with E-state index >= 15 is 0 Å². The summed E-state index contributed by atoms with van der Waals surface area (Å²) in [6, 6.07) is 4.56. The number of anilines is 1. The average Bonchev–Trinajstić information content (AvgIpc) is 3.53. The van der Waals surface area contributed by atoms with Crippen LogP contribution < -0.4 is 14.8 Å². The predicted molar refractivity (Wildman–Crippen MR) is 119 cm³/mol. The van der Waals surface area contributed by atoms with E-state index in [1.165, 1.54) is 48.9 Å². The molecule has 0 unspecified atom stereocenters. The van der Waals surface area contributed by atoms with Gasteiger partial charge in [-0.05, 0) is 75.2 Å². The van der Waals surface area contributed by atoms with Gasteiger partial charge in [0, 0.05) is 24.6 Å². The fourth-order valence-corrected chi connectivity index (χ4v) is 5.08. The molecule has 6 nitrogen and oxygen atoms in total. The molecule has 1 aliphatic carbocycles. The summed E-state index contributed by atoms with van der Waals surface area (Å²) in [6.07, 6.45) is 8.12. The Balaban J connectivity index is 1.38. The van der Waals surface area contributed by atoms with E-state index in [-0.39, 0.29) is 0 Å². The van der Waals surface area contributed by atoms with Crippen molar-refractivity contribution in [2.75, 3.05) is 51.9 Å². The fraction of sp³-hybridized carbons (Fsp3) is 0.625. The van der Waals surface area contributed by atoms with Gasteiger partial charge in [0.15, 0.2) is 11.5 Å². The summed E-state index contributed by atoms with van der Waals surface area (Å²) < 4.78 is 17.4.